The summed E-state index contributed by atoms with van der Waals surface area (Å²) >= 11 is 1.48. The van der Waals surface area contributed by atoms with E-state index in [1.165, 1.54) is 31.2 Å². The number of carbonyl (C=O) groups is 7. The number of hydrogen-bond donors (Lipinski definition) is 10. The number of rotatable bonds is 24. The van der Waals surface area contributed by atoms with Gasteiger partial charge in [-0.3, -0.25) is 33.6 Å². The van der Waals surface area contributed by atoms with E-state index in [0.717, 1.165) is 22.0 Å². The highest BCUT2D eigenvalue weighted by atomic mass is 32.2. The minimum absolute atomic E-state index is 0.0460. The van der Waals surface area contributed by atoms with Crippen molar-refractivity contribution in [2.45, 2.75) is 75.3 Å². The van der Waals surface area contributed by atoms with Crippen LogP contribution in [0.15, 0.2) is 104 Å². The Labute approximate surface area is 374 Å². The van der Waals surface area contributed by atoms with E-state index in [1.807, 2.05) is 30.5 Å². The summed E-state index contributed by atoms with van der Waals surface area (Å²) in [6.07, 6.45) is 7.07. The van der Waals surface area contributed by atoms with Crippen molar-refractivity contribution in [2.75, 3.05) is 18.6 Å². The zero-order chi connectivity index (χ0) is 46.0. The maximum absolute atomic E-state index is 14.0. The first-order valence-corrected chi connectivity index (χ1v) is 22.1. The number of hydrogen-bond acceptors (Lipinski definition) is 10. The molecule has 19 heteroatoms. The number of aromatic amines is 2. The second-order valence-electron chi connectivity index (χ2n) is 15.3. The van der Waals surface area contributed by atoms with Gasteiger partial charge in [0, 0.05) is 48.3 Å². The number of carbonyl (C=O) groups excluding carboxylic acids is 7. The van der Waals surface area contributed by atoms with Gasteiger partial charge in [-0.05, 0) is 54.5 Å². The van der Waals surface area contributed by atoms with Crippen LogP contribution < -0.4 is 43.4 Å². The monoisotopic (exact) mass is 893 g/mol. The lowest BCUT2D eigenvalue weighted by Gasteiger charge is -2.25. The van der Waals surface area contributed by atoms with Crippen LogP contribution in [0.2, 0.25) is 0 Å². The lowest BCUT2D eigenvalue weighted by molar-refractivity contribution is -0.134. The fourth-order valence-electron chi connectivity index (χ4n) is 6.86. The van der Waals surface area contributed by atoms with E-state index < -0.39 is 84.1 Å². The number of thioether (sulfide) groups is 1. The lowest BCUT2D eigenvalue weighted by atomic mass is 10.0. The number of nitrogens with two attached hydrogens (primary N) is 2. The van der Waals surface area contributed by atoms with Crippen molar-refractivity contribution in [3.8, 4) is 0 Å². The van der Waals surface area contributed by atoms with Gasteiger partial charge >= 0.3 is 0 Å². The maximum Gasteiger partial charge on any atom is 0.243 e. The average Bonchev–Trinajstić information content (AvgIpc) is 3.96. The van der Waals surface area contributed by atoms with E-state index in [2.05, 4.69) is 46.9 Å². The Balaban J connectivity index is 1.23. The van der Waals surface area contributed by atoms with Gasteiger partial charge in [-0.15, -0.1) is 0 Å². The van der Waals surface area contributed by atoms with Gasteiger partial charge in [-0.25, -0.2) is 4.98 Å². The number of fused-ring (bicyclic) bond motifs is 1. The zero-order valence-corrected chi connectivity index (χ0v) is 36.4. The molecule has 2 heterocycles. The predicted octanol–water partition coefficient (Wildman–Crippen LogP) is 0.287. The predicted molar refractivity (Wildman–Crippen MR) is 243 cm³/mol. The third-order valence-corrected chi connectivity index (χ3v) is 11.0. The number of amides is 7. The summed E-state index contributed by atoms with van der Waals surface area (Å²) in [6.45, 7) is 0.878. The smallest absolute Gasteiger partial charge is 0.243 e. The van der Waals surface area contributed by atoms with Crippen LogP contribution in [0, 0.1) is 0 Å². The van der Waals surface area contributed by atoms with E-state index in [9.17, 15) is 33.6 Å². The van der Waals surface area contributed by atoms with E-state index >= 15 is 0 Å². The summed E-state index contributed by atoms with van der Waals surface area (Å²) in [6, 6.07) is 18.8. The standard InChI is InChI=1S/C45H55N11O7S/c1-27(52-42(60)33(46)21-30-23-49-34-16-10-9-15-32(30)34)41(59)55-36(19-28-11-5-3-6-12-28)43(61)50-25-39(57)53-38(22-31-24-48-26-51-31)45(63)56-37(20-29-13-7-4-8-14-29)44(62)54-35(40(47)58)17-18-64-2/h3-16,23-24,26-27,33,35-38,49H,17-22,25,46H2,1-2H3,(H2,47,58)(H,48,51)(H,50,61)(H,52,60)(H,53,57)(H,54,62)(H,55,59)(H,56,63)/t27-,33-,35-,36-,37-,38-/m0/s1. The first-order chi connectivity index (χ1) is 30.8. The molecule has 2 aromatic heterocycles. The van der Waals surface area contributed by atoms with E-state index in [-0.39, 0.29) is 32.1 Å². The Morgan fingerprint density at radius 2 is 1.23 bits per heavy atom. The number of nitrogens with one attached hydrogen (secondary N) is 8. The van der Waals surface area contributed by atoms with Crippen LogP contribution in [-0.4, -0.2) is 111 Å². The highest BCUT2D eigenvalue weighted by Gasteiger charge is 2.31. The molecule has 0 saturated carbocycles. The molecular weight excluding hydrogens is 839 g/mol. The van der Waals surface area contributed by atoms with Gasteiger partial charge in [0.2, 0.25) is 41.4 Å². The molecule has 0 bridgehead atoms. The number of nitrogens with zero attached hydrogens (tertiary/aromatic N) is 1. The van der Waals surface area contributed by atoms with E-state index in [0.29, 0.717) is 17.0 Å². The quantitative estimate of drug-likeness (QED) is 0.0404. The molecule has 0 spiro atoms. The van der Waals surface area contributed by atoms with E-state index in [1.54, 1.807) is 66.9 Å². The number of benzene rings is 3. The van der Waals surface area contributed by atoms with Crippen LogP contribution in [0.25, 0.3) is 10.9 Å². The van der Waals surface area contributed by atoms with Gasteiger partial charge in [0.1, 0.15) is 30.2 Å². The number of para-hydroxylation sites is 1. The molecule has 0 radical (unpaired) electrons. The summed E-state index contributed by atoms with van der Waals surface area (Å²) in [5.41, 5.74) is 15.5. The zero-order valence-electron chi connectivity index (χ0n) is 35.6. The second-order valence-corrected chi connectivity index (χ2v) is 16.3. The molecule has 0 fully saturated rings. The third-order valence-electron chi connectivity index (χ3n) is 10.4. The molecule has 0 aliphatic rings. The fourth-order valence-corrected chi connectivity index (χ4v) is 7.33. The highest BCUT2D eigenvalue weighted by Crippen LogP contribution is 2.19. The number of aromatic nitrogens is 3. The van der Waals surface area contributed by atoms with Crippen molar-refractivity contribution in [1.29, 1.82) is 0 Å². The van der Waals surface area contributed by atoms with Crippen molar-refractivity contribution in [3.05, 3.63) is 126 Å². The van der Waals surface area contributed by atoms with Gasteiger partial charge < -0.3 is 53.3 Å². The molecule has 0 aliphatic heterocycles. The molecular formula is C45H55N11O7S. The fraction of sp³-hybridized carbons (Fsp3) is 0.333. The molecule has 5 rings (SSSR count). The number of imidazole rings is 1. The Morgan fingerprint density at radius 1 is 0.656 bits per heavy atom. The third kappa shape index (κ3) is 14.6. The SMILES string of the molecule is CSCC[C@H](NC(=O)[C@H](Cc1ccccc1)NC(=O)[C@H](Cc1cnc[nH]1)NC(=O)CNC(=O)[C@H](Cc1ccccc1)NC(=O)[C@H](C)NC(=O)[C@@H](N)Cc1c[nH]c2ccccc12)C(N)=O. The van der Waals surface area contributed by atoms with Crippen molar-refractivity contribution in [3.63, 3.8) is 0 Å². The van der Waals surface area contributed by atoms with Gasteiger partial charge in [-0.2, -0.15) is 11.8 Å². The molecule has 5 aromatic rings. The van der Waals surface area contributed by atoms with Crippen LogP contribution >= 0.6 is 11.8 Å². The van der Waals surface area contributed by atoms with E-state index in [4.69, 9.17) is 11.5 Å². The molecule has 18 nitrogen and oxygen atoms in total. The van der Waals surface area contributed by atoms with Crippen LogP contribution in [0.3, 0.4) is 0 Å². The van der Waals surface area contributed by atoms with Gasteiger partial charge in [-0.1, -0.05) is 78.9 Å². The Kier molecular flexibility index (Phi) is 18.0. The number of H-pyrrole nitrogens is 2. The van der Waals surface area contributed by atoms with Gasteiger partial charge in [0.05, 0.1) is 18.9 Å². The Bertz CT molecular complexity index is 2340. The molecule has 338 valence electrons. The second kappa shape index (κ2) is 24.0. The molecule has 12 N–H and O–H groups in total. The van der Waals surface area contributed by atoms with Crippen molar-refractivity contribution >= 4 is 64.0 Å². The van der Waals surface area contributed by atoms with Gasteiger partial charge in [0.15, 0.2) is 0 Å². The maximum atomic E-state index is 14.0. The highest BCUT2D eigenvalue weighted by molar-refractivity contribution is 7.98. The first kappa shape index (κ1) is 48.0. The Morgan fingerprint density at radius 3 is 1.84 bits per heavy atom. The molecule has 0 saturated heterocycles. The minimum atomic E-state index is -1.26. The van der Waals surface area contributed by atoms with Crippen molar-refractivity contribution in [1.82, 2.24) is 46.9 Å². The molecule has 7 amide bonds. The normalized spacial score (nSPS) is 13.9. The topological polar surface area (TPSA) is 288 Å². The van der Waals surface area contributed by atoms with Crippen molar-refractivity contribution < 1.29 is 33.6 Å². The first-order valence-electron chi connectivity index (χ1n) is 20.7. The molecule has 64 heavy (non-hydrogen) atoms. The van der Waals surface area contributed by atoms with Crippen molar-refractivity contribution in [2.24, 2.45) is 11.5 Å². The summed E-state index contributed by atoms with van der Waals surface area (Å²) in [7, 11) is 0. The minimum Gasteiger partial charge on any atom is -0.368 e. The van der Waals surface area contributed by atoms with Gasteiger partial charge in [0.25, 0.3) is 0 Å². The summed E-state index contributed by atoms with van der Waals surface area (Å²) < 4.78 is 0. The summed E-state index contributed by atoms with van der Waals surface area (Å²) in [5.74, 6) is -4.22. The molecule has 6 atom stereocenters. The number of primary amides is 1. The lowest BCUT2D eigenvalue weighted by Crippen LogP contribution is -2.58. The van der Waals surface area contributed by atoms with Crippen LogP contribution in [0.1, 0.15) is 35.7 Å². The average molecular weight is 894 g/mol. The largest absolute Gasteiger partial charge is 0.368 e. The summed E-state index contributed by atoms with van der Waals surface area (Å²) in [5, 5.41) is 16.8. The summed E-state index contributed by atoms with van der Waals surface area (Å²) in [4.78, 5) is 104. The molecule has 3 aromatic carbocycles. The van der Waals surface area contributed by atoms with Crippen LogP contribution in [0.5, 0.6) is 0 Å². The van der Waals surface area contributed by atoms with Crippen LogP contribution in [-0.2, 0) is 59.2 Å². The van der Waals surface area contributed by atoms with Crippen LogP contribution in [0.4, 0.5) is 0 Å². The molecule has 0 unspecified atom stereocenters. The Hall–Kier alpha value is -6.99. The molecule has 0 aliphatic carbocycles.